The van der Waals surface area contributed by atoms with Crippen molar-refractivity contribution in [2.45, 2.75) is 16.8 Å². The first-order valence-corrected chi connectivity index (χ1v) is 5.89. The number of aromatic nitrogens is 2. The predicted octanol–water partition coefficient (Wildman–Crippen LogP) is 2.43. The summed E-state index contributed by atoms with van der Waals surface area (Å²) < 4.78 is 0. The van der Waals surface area contributed by atoms with E-state index in [0.29, 0.717) is 15.7 Å². The van der Waals surface area contributed by atoms with Gasteiger partial charge in [-0.05, 0) is 13.0 Å². The van der Waals surface area contributed by atoms with Crippen molar-refractivity contribution in [3.8, 4) is 0 Å². The van der Waals surface area contributed by atoms with Gasteiger partial charge < -0.3 is 5.73 Å². The van der Waals surface area contributed by atoms with E-state index in [9.17, 15) is 10.1 Å². The van der Waals surface area contributed by atoms with Crippen molar-refractivity contribution >= 4 is 23.3 Å². The lowest BCUT2D eigenvalue weighted by atomic mass is 10.3. The second-order valence-corrected chi connectivity index (χ2v) is 4.55. The van der Waals surface area contributed by atoms with Crippen LogP contribution in [0.5, 0.6) is 0 Å². The van der Waals surface area contributed by atoms with Crippen molar-refractivity contribution in [3.05, 3.63) is 46.3 Å². The summed E-state index contributed by atoms with van der Waals surface area (Å²) in [5, 5.41) is 11.5. The Morgan fingerprint density at radius 2 is 2.06 bits per heavy atom. The van der Waals surface area contributed by atoms with Crippen LogP contribution in [-0.2, 0) is 0 Å². The smallest absolute Gasteiger partial charge is 0.283 e. The molecule has 1 aromatic carbocycles. The highest BCUT2D eigenvalue weighted by atomic mass is 32.2. The Balaban J connectivity index is 2.40. The number of benzene rings is 1. The zero-order valence-corrected chi connectivity index (χ0v) is 10.3. The molecule has 2 N–H and O–H groups in total. The van der Waals surface area contributed by atoms with Gasteiger partial charge in [0.25, 0.3) is 5.69 Å². The Kier molecular flexibility index (Phi) is 3.42. The molecule has 1 heterocycles. The minimum atomic E-state index is -0.414. The molecule has 0 spiro atoms. The average Bonchev–Trinajstić information content (AvgIpc) is 2.35. The molecule has 0 radical (unpaired) electrons. The Hall–Kier alpha value is -2.15. The maximum Gasteiger partial charge on any atom is 0.283 e. The van der Waals surface area contributed by atoms with Gasteiger partial charge in [-0.25, -0.2) is 9.97 Å². The fourth-order valence-electron chi connectivity index (χ4n) is 1.35. The summed E-state index contributed by atoms with van der Waals surface area (Å²) in [6.45, 7) is 1.78. The van der Waals surface area contributed by atoms with Gasteiger partial charge in [0.1, 0.15) is 17.2 Å². The van der Waals surface area contributed by atoms with Gasteiger partial charge in [0.2, 0.25) is 0 Å². The molecule has 7 heteroatoms. The number of nitrogens with zero attached hydrogens (tertiary/aromatic N) is 3. The van der Waals surface area contributed by atoms with Gasteiger partial charge in [0.15, 0.2) is 0 Å². The van der Waals surface area contributed by atoms with Gasteiger partial charge in [-0.1, -0.05) is 23.9 Å². The molecule has 0 bridgehead atoms. The first kappa shape index (κ1) is 12.3. The van der Waals surface area contributed by atoms with Gasteiger partial charge in [-0.15, -0.1) is 0 Å². The SMILES string of the molecule is Cc1c(N)ncnc1Sc1ccccc1[N+](=O)[O-]. The number of anilines is 1. The molecule has 2 rings (SSSR count). The van der Waals surface area contributed by atoms with Crippen LogP contribution in [0.4, 0.5) is 11.5 Å². The summed E-state index contributed by atoms with van der Waals surface area (Å²) in [6.07, 6.45) is 1.35. The highest BCUT2D eigenvalue weighted by Gasteiger charge is 2.15. The van der Waals surface area contributed by atoms with Crippen molar-refractivity contribution in [1.29, 1.82) is 0 Å². The van der Waals surface area contributed by atoms with Crippen molar-refractivity contribution < 1.29 is 4.92 Å². The molecule has 0 amide bonds. The molecule has 0 aliphatic rings. The summed E-state index contributed by atoms with van der Waals surface area (Å²) in [5.41, 5.74) is 6.45. The van der Waals surface area contributed by atoms with E-state index in [4.69, 9.17) is 5.73 Å². The van der Waals surface area contributed by atoms with E-state index < -0.39 is 4.92 Å². The topological polar surface area (TPSA) is 94.9 Å². The van der Waals surface area contributed by atoms with Crippen LogP contribution in [0.3, 0.4) is 0 Å². The monoisotopic (exact) mass is 262 g/mol. The summed E-state index contributed by atoms with van der Waals surface area (Å²) in [7, 11) is 0. The largest absolute Gasteiger partial charge is 0.383 e. The first-order valence-electron chi connectivity index (χ1n) is 5.08. The molecule has 1 aromatic heterocycles. The predicted molar refractivity (Wildman–Crippen MR) is 68.4 cm³/mol. The Morgan fingerprint density at radius 3 is 2.78 bits per heavy atom. The summed E-state index contributed by atoms with van der Waals surface area (Å²) >= 11 is 1.21. The number of nitrogens with two attached hydrogens (primary N) is 1. The highest BCUT2D eigenvalue weighted by Crippen LogP contribution is 2.35. The van der Waals surface area contributed by atoms with Crippen LogP contribution in [0.2, 0.25) is 0 Å². The number of nitrogen functional groups attached to an aromatic ring is 1. The number of hydrogen-bond acceptors (Lipinski definition) is 6. The highest BCUT2D eigenvalue weighted by molar-refractivity contribution is 7.99. The molecule has 0 fully saturated rings. The fraction of sp³-hybridized carbons (Fsp3) is 0.0909. The Bertz CT molecular complexity index is 603. The van der Waals surface area contributed by atoms with Crippen LogP contribution in [-0.4, -0.2) is 14.9 Å². The van der Waals surface area contributed by atoms with E-state index in [-0.39, 0.29) is 5.69 Å². The van der Waals surface area contributed by atoms with Gasteiger partial charge in [-0.2, -0.15) is 0 Å². The molecule has 0 unspecified atom stereocenters. The average molecular weight is 262 g/mol. The Morgan fingerprint density at radius 1 is 1.33 bits per heavy atom. The van der Waals surface area contributed by atoms with Crippen LogP contribution >= 0.6 is 11.8 Å². The third-order valence-corrected chi connectivity index (χ3v) is 3.52. The van der Waals surface area contributed by atoms with Crippen LogP contribution in [0.15, 0.2) is 40.5 Å². The molecule has 0 atom stereocenters. The number of nitro groups is 1. The lowest BCUT2D eigenvalue weighted by Gasteiger charge is -2.06. The Labute approximate surface area is 107 Å². The van der Waals surface area contributed by atoms with Crippen LogP contribution in [0, 0.1) is 17.0 Å². The third-order valence-electron chi connectivity index (χ3n) is 2.35. The van der Waals surface area contributed by atoms with E-state index in [2.05, 4.69) is 9.97 Å². The maximum absolute atomic E-state index is 10.9. The van der Waals surface area contributed by atoms with Gasteiger partial charge in [0, 0.05) is 11.6 Å². The van der Waals surface area contributed by atoms with E-state index in [0.717, 1.165) is 5.56 Å². The van der Waals surface area contributed by atoms with Crippen LogP contribution in [0.25, 0.3) is 0 Å². The van der Waals surface area contributed by atoms with Gasteiger partial charge in [-0.3, -0.25) is 10.1 Å². The molecule has 6 nitrogen and oxygen atoms in total. The zero-order valence-electron chi connectivity index (χ0n) is 9.53. The zero-order chi connectivity index (χ0) is 13.1. The minimum absolute atomic E-state index is 0.0547. The summed E-state index contributed by atoms with van der Waals surface area (Å²) in [6, 6.07) is 6.52. The van der Waals surface area contributed by atoms with E-state index in [1.807, 2.05) is 0 Å². The van der Waals surface area contributed by atoms with Crippen molar-refractivity contribution in [3.63, 3.8) is 0 Å². The molecule has 0 aliphatic carbocycles. The van der Waals surface area contributed by atoms with E-state index in [1.165, 1.54) is 24.2 Å². The standard InChI is InChI=1S/C11H10N4O2S/c1-7-10(12)13-6-14-11(7)18-9-5-3-2-4-8(9)15(16)17/h2-6H,1H3,(H2,12,13,14). The molecular formula is C11H10N4O2S. The van der Waals surface area contributed by atoms with Crippen LogP contribution < -0.4 is 5.73 Å². The van der Waals surface area contributed by atoms with Gasteiger partial charge in [0.05, 0.1) is 9.82 Å². The van der Waals surface area contributed by atoms with Crippen molar-refractivity contribution in [2.75, 3.05) is 5.73 Å². The molecule has 18 heavy (non-hydrogen) atoms. The summed E-state index contributed by atoms with van der Waals surface area (Å²) in [5.74, 6) is 0.381. The van der Waals surface area contributed by atoms with Crippen LogP contribution in [0.1, 0.15) is 5.56 Å². The lowest BCUT2D eigenvalue weighted by Crippen LogP contribution is -1.98. The van der Waals surface area contributed by atoms with Crippen molar-refractivity contribution in [1.82, 2.24) is 9.97 Å². The maximum atomic E-state index is 10.9. The molecule has 2 aromatic rings. The van der Waals surface area contributed by atoms with E-state index >= 15 is 0 Å². The van der Waals surface area contributed by atoms with Crippen molar-refractivity contribution in [2.24, 2.45) is 0 Å². The van der Waals surface area contributed by atoms with E-state index in [1.54, 1.807) is 25.1 Å². The quantitative estimate of drug-likeness (QED) is 0.518. The molecule has 0 saturated heterocycles. The lowest BCUT2D eigenvalue weighted by molar-refractivity contribution is -0.387. The fourth-order valence-corrected chi connectivity index (χ4v) is 2.31. The number of para-hydroxylation sites is 1. The molecule has 92 valence electrons. The second-order valence-electron chi connectivity index (χ2n) is 3.52. The molecule has 0 saturated carbocycles. The van der Waals surface area contributed by atoms with Gasteiger partial charge >= 0.3 is 0 Å². The molecular weight excluding hydrogens is 252 g/mol. The second kappa shape index (κ2) is 5.01. The third kappa shape index (κ3) is 2.40. The number of rotatable bonds is 3. The minimum Gasteiger partial charge on any atom is -0.383 e. The molecule has 0 aliphatic heterocycles. The summed E-state index contributed by atoms with van der Waals surface area (Å²) in [4.78, 5) is 19.0. The first-order chi connectivity index (χ1) is 8.59. The number of nitro benzene ring substituents is 1. The normalized spacial score (nSPS) is 10.3. The number of hydrogen-bond donors (Lipinski definition) is 1.